The van der Waals surface area contributed by atoms with Crippen molar-refractivity contribution in [2.75, 3.05) is 26.8 Å². The number of hydrogen-bond acceptors (Lipinski definition) is 4. The molecule has 0 saturated carbocycles. The Morgan fingerprint density at radius 3 is 2.94 bits per heavy atom. The fourth-order valence-corrected chi connectivity index (χ4v) is 1.43. The highest BCUT2D eigenvalue weighted by atomic mass is 19.1. The van der Waals surface area contributed by atoms with E-state index in [1.54, 1.807) is 12.0 Å². The summed E-state index contributed by atoms with van der Waals surface area (Å²) >= 11 is 0. The predicted molar refractivity (Wildman–Crippen MR) is 59.0 cm³/mol. The van der Waals surface area contributed by atoms with Crippen molar-refractivity contribution < 1.29 is 19.0 Å². The van der Waals surface area contributed by atoms with Gasteiger partial charge in [-0.2, -0.15) is 0 Å². The molecule has 0 unspecified atom stereocenters. The van der Waals surface area contributed by atoms with Gasteiger partial charge >= 0.3 is 5.97 Å². The SMILES string of the molecule is COCCN(CC(=O)O)Cc1cncc(F)c1. The predicted octanol–water partition coefficient (Wildman–Crippen LogP) is 0.754. The van der Waals surface area contributed by atoms with Crippen LogP contribution in [0.4, 0.5) is 4.39 Å². The molecule has 1 aromatic rings. The highest BCUT2D eigenvalue weighted by Crippen LogP contribution is 2.05. The number of halogens is 1. The fraction of sp³-hybridized carbons (Fsp3) is 0.455. The van der Waals surface area contributed by atoms with Crippen LogP contribution in [0, 0.1) is 5.82 Å². The van der Waals surface area contributed by atoms with E-state index in [0.29, 0.717) is 25.3 Å². The molecule has 0 amide bonds. The average Bonchev–Trinajstić information content (AvgIpc) is 2.25. The first kappa shape index (κ1) is 13.5. The highest BCUT2D eigenvalue weighted by molar-refractivity contribution is 5.69. The van der Waals surface area contributed by atoms with Gasteiger partial charge in [0.1, 0.15) is 5.82 Å². The van der Waals surface area contributed by atoms with Crippen LogP contribution in [0.3, 0.4) is 0 Å². The molecule has 6 heteroatoms. The summed E-state index contributed by atoms with van der Waals surface area (Å²) in [7, 11) is 1.54. The Labute approximate surface area is 98.8 Å². The number of nitrogens with zero attached hydrogens (tertiary/aromatic N) is 2. The first-order chi connectivity index (χ1) is 8.11. The van der Waals surface area contributed by atoms with Crippen LogP contribution >= 0.6 is 0 Å². The lowest BCUT2D eigenvalue weighted by Gasteiger charge is -2.19. The van der Waals surface area contributed by atoms with E-state index in [1.807, 2.05) is 0 Å². The second kappa shape index (κ2) is 6.93. The normalized spacial score (nSPS) is 10.8. The van der Waals surface area contributed by atoms with Crippen molar-refractivity contribution in [1.29, 1.82) is 0 Å². The summed E-state index contributed by atoms with van der Waals surface area (Å²) in [5.74, 6) is -1.35. The number of rotatable bonds is 7. The molecule has 0 atom stereocenters. The van der Waals surface area contributed by atoms with E-state index in [2.05, 4.69) is 4.98 Å². The summed E-state index contributed by atoms with van der Waals surface area (Å²) in [6, 6.07) is 1.34. The van der Waals surface area contributed by atoms with Crippen molar-refractivity contribution in [1.82, 2.24) is 9.88 Å². The smallest absolute Gasteiger partial charge is 0.317 e. The molecule has 0 aromatic carbocycles. The summed E-state index contributed by atoms with van der Waals surface area (Å²) < 4.78 is 17.8. The molecule has 1 N–H and O–H groups in total. The maximum Gasteiger partial charge on any atom is 0.317 e. The zero-order valence-corrected chi connectivity index (χ0v) is 9.60. The third-order valence-electron chi connectivity index (χ3n) is 2.14. The Hall–Kier alpha value is -1.53. The van der Waals surface area contributed by atoms with Gasteiger partial charge in [0.25, 0.3) is 0 Å². The second-order valence-corrected chi connectivity index (χ2v) is 3.61. The molecule has 94 valence electrons. The third-order valence-corrected chi connectivity index (χ3v) is 2.14. The van der Waals surface area contributed by atoms with Crippen LogP contribution < -0.4 is 0 Å². The van der Waals surface area contributed by atoms with E-state index in [4.69, 9.17) is 9.84 Å². The zero-order chi connectivity index (χ0) is 12.7. The number of aliphatic carboxylic acids is 1. The van der Waals surface area contributed by atoms with Gasteiger partial charge in [0.15, 0.2) is 0 Å². The van der Waals surface area contributed by atoms with Crippen molar-refractivity contribution in [3.05, 3.63) is 29.8 Å². The largest absolute Gasteiger partial charge is 0.480 e. The van der Waals surface area contributed by atoms with Crippen LogP contribution in [0.5, 0.6) is 0 Å². The molecule has 1 aromatic heterocycles. The van der Waals surface area contributed by atoms with E-state index in [9.17, 15) is 9.18 Å². The number of aromatic nitrogens is 1. The van der Waals surface area contributed by atoms with Crippen LogP contribution in [-0.4, -0.2) is 47.8 Å². The van der Waals surface area contributed by atoms with Crippen LogP contribution in [0.15, 0.2) is 18.5 Å². The van der Waals surface area contributed by atoms with Crippen LogP contribution in [0.25, 0.3) is 0 Å². The van der Waals surface area contributed by atoms with Crippen molar-refractivity contribution in [3.8, 4) is 0 Å². The Morgan fingerprint density at radius 2 is 2.35 bits per heavy atom. The average molecular weight is 242 g/mol. The van der Waals surface area contributed by atoms with E-state index in [-0.39, 0.29) is 6.54 Å². The molecule has 0 aliphatic heterocycles. The van der Waals surface area contributed by atoms with Crippen LogP contribution in [0.2, 0.25) is 0 Å². The molecule has 17 heavy (non-hydrogen) atoms. The van der Waals surface area contributed by atoms with Gasteiger partial charge < -0.3 is 9.84 Å². The van der Waals surface area contributed by atoms with Crippen molar-refractivity contribution >= 4 is 5.97 Å². The summed E-state index contributed by atoms with van der Waals surface area (Å²) in [6.45, 7) is 1.12. The lowest BCUT2D eigenvalue weighted by Crippen LogP contribution is -2.32. The van der Waals surface area contributed by atoms with Crippen molar-refractivity contribution in [3.63, 3.8) is 0 Å². The number of carbonyl (C=O) groups is 1. The highest BCUT2D eigenvalue weighted by Gasteiger charge is 2.10. The van der Waals surface area contributed by atoms with Crippen molar-refractivity contribution in [2.24, 2.45) is 0 Å². The number of methoxy groups -OCH3 is 1. The topological polar surface area (TPSA) is 62.7 Å². The van der Waals surface area contributed by atoms with Gasteiger partial charge in [-0.25, -0.2) is 4.39 Å². The number of carboxylic acids is 1. The van der Waals surface area contributed by atoms with Crippen LogP contribution in [0.1, 0.15) is 5.56 Å². The molecule has 0 aliphatic carbocycles. The molecular formula is C11H15FN2O3. The zero-order valence-electron chi connectivity index (χ0n) is 9.60. The molecule has 0 spiro atoms. The quantitative estimate of drug-likeness (QED) is 0.764. The Kier molecular flexibility index (Phi) is 5.51. The number of carboxylic acid groups (broad SMARTS) is 1. The fourth-order valence-electron chi connectivity index (χ4n) is 1.43. The summed E-state index contributed by atoms with van der Waals surface area (Å²) in [6.07, 6.45) is 2.63. The minimum atomic E-state index is -0.925. The van der Waals surface area contributed by atoms with Gasteiger partial charge in [-0.1, -0.05) is 0 Å². The molecule has 0 aliphatic rings. The standard InChI is InChI=1S/C11H15FN2O3/c1-17-3-2-14(8-11(15)16)7-9-4-10(12)6-13-5-9/h4-6H,2-3,7-8H2,1H3,(H,15,16). The Balaban J connectivity index is 2.61. The minimum absolute atomic E-state index is 0.111. The van der Waals surface area contributed by atoms with Gasteiger partial charge in [0.2, 0.25) is 0 Å². The van der Waals surface area contributed by atoms with Gasteiger partial charge in [-0.3, -0.25) is 14.7 Å². The van der Waals surface area contributed by atoms with Gasteiger partial charge in [-0.05, 0) is 11.6 Å². The third kappa shape index (κ3) is 5.37. The molecular weight excluding hydrogens is 227 g/mol. The van der Waals surface area contributed by atoms with Gasteiger partial charge in [0, 0.05) is 26.4 Å². The number of ether oxygens (including phenoxy) is 1. The molecule has 1 rings (SSSR count). The number of pyridine rings is 1. The lowest BCUT2D eigenvalue weighted by atomic mass is 10.2. The van der Waals surface area contributed by atoms with Crippen LogP contribution in [-0.2, 0) is 16.1 Å². The van der Waals surface area contributed by atoms with Crippen molar-refractivity contribution in [2.45, 2.75) is 6.54 Å². The molecule has 1 heterocycles. The van der Waals surface area contributed by atoms with Gasteiger partial charge in [0.05, 0.1) is 19.3 Å². The Bertz CT molecular complexity index is 373. The molecule has 0 fully saturated rings. The molecule has 0 saturated heterocycles. The summed E-state index contributed by atoms with van der Waals surface area (Å²) in [5.41, 5.74) is 0.641. The van der Waals surface area contributed by atoms with E-state index >= 15 is 0 Å². The molecule has 5 nitrogen and oxygen atoms in total. The van der Waals surface area contributed by atoms with E-state index in [0.717, 1.165) is 6.20 Å². The first-order valence-electron chi connectivity index (χ1n) is 5.14. The summed E-state index contributed by atoms with van der Waals surface area (Å²) in [4.78, 5) is 16.0. The second-order valence-electron chi connectivity index (χ2n) is 3.61. The summed E-state index contributed by atoms with van der Waals surface area (Å²) in [5, 5.41) is 8.74. The lowest BCUT2D eigenvalue weighted by molar-refractivity contribution is -0.138. The van der Waals surface area contributed by atoms with E-state index < -0.39 is 11.8 Å². The first-order valence-corrected chi connectivity index (χ1v) is 5.14. The van der Waals surface area contributed by atoms with E-state index in [1.165, 1.54) is 12.3 Å². The monoisotopic (exact) mass is 242 g/mol. The molecule has 0 radical (unpaired) electrons. The number of hydrogen-bond donors (Lipinski definition) is 1. The Morgan fingerprint density at radius 1 is 1.59 bits per heavy atom. The van der Waals surface area contributed by atoms with Gasteiger partial charge in [-0.15, -0.1) is 0 Å². The minimum Gasteiger partial charge on any atom is -0.480 e. The molecule has 0 bridgehead atoms. The maximum atomic E-state index is 12.9. The maximum absolute atomic E-state index is 12.9.